The second-order valence-electron chi connectivity index (χ2n) is 6.54. The van der Waals surface area contributed by atoms with Crippen LogP contribution in [0.25, 0.3) is 0 Å². The van der Waals surface area contributed by atoms with Gasteiger partial charge in [0.15, 0.2) is 0 Å². The van der Waals surface area contributed by atoms with Crippen molar-refractivity contribution in [1.29, 1.82) is 0 Å². The molecule has 0 amide bonds. The summed E-state index contributed by atoms with van der Waals surface area (Å²) in [5, 5.41) is 8.29. The van der Waals surface area contributed by atoms with Gasteiger partial charge in [0.25, 0.3) is 0 Å². The minimum atomic E-state index is 0.716. The van der Waals surface area contributed by atoms with Crippen molar-refractivity contribution in [2.24, 2.45) is 11.8 Å². The van der Waals surface area contributed by atoms with Crippen LogP contribution in [0.4, 0.5) is 0 Å². The van der Waals surface area contributed by atoms with Crippen LogP contribution in [-0.2, 0) is 6.42 Å². The second-order valence-corrected chi connectivity index (χ2v) is 7.32. The molecule has 1 saturated heterocycles. The summed E-state index contributed by atoms with van der Waals surface area (Å²) < 4.78 is 0. The van der Waals surface area contributed by atoms with Crippen LogP contribution >= 0.6 is 11.3 Å². The Labute approximate surface area is 121 Å². The molecule has 1 saturated carbocycles. The van der Waals surface area contributed by atoms with Gasteiger partial charge in [0, 0.05) is 31.7 Å². The van der Waals surface area contributed by atoms with Crippen LogP contribution in [0.5, 0.6) is 0 Å². The molecule has 19 heavy (non-hydrogen) atoms. The molecule has 2 nitrogen and oxygen atoms in total. The molecule has 3 heteroatoms. The molecule has 2 fully saturated rings. The standard InChI is InChI=1S/C16H26N2S/c1-12(2)16-9-17-15(14-3-4-14)10-18(16)7-5-13-6-8-19-11-13/h6,8,11-12,14-17H,3-5,7,9-10H2,1-2H3. The number of nitrogens with one attached hydrogen (secondary N) is 1. The van der Waals surface area contributed by atoms with E-state index in [-0.39, 0.29) is 0 Å². The fraction of sp³-hybridized carbons (Fsp3) is 0.750. The molecule has 1 aromatic heterocycles. The van der Waals surface area contributed by atoms with Gasteiger partial charge >= 0.3 is 0 Å². The maximum atomic E-state index is 3.80. The van der Waals surface area contributed by atoms with E-state index in [1.54, 1.807) is 0 Å². The summed E-state index contributed by atoms with van der Waals surface area (Å²) in [7, 11) is 0. The van der Waals surface area contributed by atoms with Crippen LogP contribution in [0.15, 0.2) is 16.8 Å². The van der Waals surface area contributed by atoms with E-state index >= 15 is 0 Å². The first-order chi connectivity index (χ1) is 9.24. The minimum absolute atomic E-state index is 0.716. The number of rotatable bonds is 5. The van der Waals surface area contributed by atoms with E-state index in [4.69, 9.17) is 0 Å². The van der Waals surface area contributed by atoms with E-state index in [0.29, 0.717) is 6.04 Å². The van der Waals surface area contributed by atoms with E-state index in [1.165, 1.54) is 44.5 Å². The largest absolute Gasteiger partial charge is 0.311 e. The lowest BCUT2D eigenvalue weighted by atomic mass is 9.96. The molecular formula is C16H26N2S. The van der Waals surface area contributed by atoms with E-state index in [9.17, 15) is 0 Å². The number of piperazine rings is 1. The third-order valence-electron chi connectivity index (χ3n) is 4.72. The fourth-order valence-electron chi connectivity index (χ4n) is 3.29. The molecule has 1 aliphatic carbocycles. The molecule has 2 aliphatic rings. The van der Waals surface area contributed by atoms with Gasteiger partial charge in [0.05, 0.1) is 0 Å². The van der Waals surface area contributed by atoms with Gasteiger partial charge in [-0.1, -0.05) is 13.8 Å². The summed E-state index contributed by atoms with van der Waals surface area (Å²) in [4.78, 5) is 2.75. The lowest BCUT2D eigenvalue weighted by molar-refractivity contribution is 0.0935. The summed E-state index contributed by atoms with van der Waals surface area (Å²) in [6.45, 7) is 8.40. The summed E-state index contributed by atoms with van der Waals surface area (Å²) in [6.07, 6.45) is 4.11. The number of hydrogen-bond acceptors (Lipinski definition) is 3. The predicted octanol–water partition coefficient (Wildman–Crippen LogP) is 3.00. The van der Waals surface area contributed by atoms with Crippen molar-refractivity contribution in [2.45, 2.75) is 45.2 Å². The molecule has 0 aromatic carbocycles. The van der Waals surface area contributed by atoms with Gasteiger partial charge in [-0.2, -0.15) is 11.3 Å². The summed E-state index contributed by atoms with van der Waals surface area (Å²) in [5.41, 5.74) is 1.51. The first-order valence-electron chi connectivity index (χ1n) is 7.72. The minimum Gasteiger partial charge on any atom is -0.311 e. The van der Waals surface area contributed by atoms with Crippen molar-refractivity contribution in [2.75, 3.05) is 19.6 Å². The first kappa shape index (κ1) is 13.6. The third-order valence-corrected chi connectivity index (χ3v) is 5.45. The fourth-order valence-corrected chi connectivity index (χ4v) is 3.99. The summed E-state index contributed by atoms with van der Waals surface area (Å²) in [5.74, 6) is 1.71. The number of hydrogen-bond donors (Lipinski definition) is 1. The van der Waals surface area contributed by atoms with Gasteiger partial charge < -0.3 is 5.32 Å². The summed E-state index contributed by atoms with van der Waals surface area (Å²) in [6, 6.07) is 3.75. The molecule has 106 valence electrons. The van der Waals surface area contributed by atoms with Crippen molar-refractivity contribution in [1.82, 2.24) is 10.2 Å². The Morgan fingerprint density at radius 1 is 1.42 bits per heavy atom. The molecule has 0 spiro atoms. The maximum absolute atomic E-state index is 3.80. The third kappa shape index (κ3) is 3.39. The molecule has 2 atom stereocenters. The highest BCUT2D eigenvalue weighted by Gasteiger charge is 2.37. The second kappa shape index (κ2) is 5.94. The molecule has 2 unspecified atom stereocenters. The van der Waals surface area contributed by atoms with Gasteiger partial charge in [0.2, 0.25) is 0 Å². The lowest BCUT2D eigenvalue weighted by Crippen LogP contribution is -2.59. The number of nitrogens with zero attached hydrogens (tertiary/aromatic N) is 1. The van der Waals surface area contributed by atoms with Crippen molar-refractivity contribution >= 4 is 11.3 Å². The van der Waals surface area contributed by atoms with Crippen molar-refractivity contribution in [3.05, 3.63) is 22.4 Å². The van der Waals surface area contributed by atoms with Crippen molar-refractivity contribution in [3.63, 3.8) is 0 Å². The zero-order valence-corrected chi connectivity index (χ0v) is 13.0. The average Bonchev–Trinajstić information content (AvgIpc) is 3.13. The molecular weight excluding hydrogens is 252 g/mol. The van der Waals surface area contributed by atoms with E-state index in [2.05, 4.69) is 40.9 Å². The molecule has 1 N–H and O–H groups in total. The highest BCUT2D eigenvalue weighted by Crippen LogP contribution is 2.34. The quantitative estimate of drug-likeness (QED) is 0.891. The van der Waals surface area contributed by atoms with Crippen LogP contribution in [0.3, 0.4) is 0 Å². The monoisotopic (exact) mass is 278 g/mol. The van der Waals surface area contributed by atoms with Gasteiger partial charge in [0.1, 0.15) is 0 Å². The normalized spacial score (nSPS) is 29.0. The highest BCUT2D eigenvalue weighted by molar-refractivity contribution is 7.07. The van der Waals surface area contributed by atoms with Crippen LogP contribution in [0.2, 0.25) is 0 Å². The van der Waals surface area contributed by atoms with Gasteiger partial charge in [-0.25, -0.2) is 0 Å². The van der Waals surface area contributed by atoms with Crippen LogP contribution in [0, 0.1) is 11.8 Å². The Bertz CT molecular complexity index is 383. The Hall–Kier alpha value is -0.380. The van der Waals surface area contributed by atoms with E-state index < -0.39 is 0 Å². The smallest absolute Gasteiger partial charge is 0.0244 e. The highest BCUT2D eigenvalue weighted by atomic mass is 32.1. The van der Waals surface area contributed by atoms with Crippen LogP contribution < -0.4 is 5.32 Å². The van der Waals surface area contributed by atoms with E-state index in [0.717, 1.165) is 17.9 Å². The van der Waals surface area contributed by atoms with Gasteiger partial charge in [-0.05, 0) is 53.5 Å². The SMILES string of the molecule is CC(C)C1CNC(C2CC2)CN1CCc1ccsc1. The predicted molar refractivity (Wildman–Crippen MR) is 82.7 cm³/mol. The lowest BCUT2D eigenvalue weighted by Gasteiger charge is -2.42. The summed E-state index contributed by atoms with van der Waals surface area (Å²) >= 11 is 1.82. The Morgan fingerprint density at radius 2 is 2.26 bits per heavy atom. The molecule has 1 aromatic rings. The van der Waals surface area contributed by atoms with Gasteiger partial charge in [-0.3, -0.25) is 4.90 Å². The van der Waals surface area contributed by atoms with Crippen molar-refractivity contribution in [3.8, 4) is 0 Å². The zero-order chi connectivity index (χ0) is 13.2. The van der Waals surface area contributed by atoms with Crippen LogP contribution in [-0.4, -0.2) is 36.6 Å². The molecule has 2 heterocycles. The van der Waals surface area contributed by atoms with Crippen molar-refractivity contribution < 1.29 is 0 Å². The maximum Gasteiger partial charge on any atom is 0.0244 e. The average molecular weight is 278 g/mol. The Balaban J connectivity index is 1.59. The van der Waals surface area contributed by atoms with E-state index in [1.807, 2.05) is 11.3 Å². The molecule has 0 radical (unpaired) electrons. The number of thiophene rings is 1. The Morgan fingerprint density at radius 3 is 2.89 bits per heavy atom. The molecule has 1 aliphatic heterocycles. The Kier molecular flexibility index (Phi) is 4.25. The van der Waals surface area contributed by atoms with Crippen LogP contribution in [0.1, 0.15) is 32.3 Å². The zero-order valence-electron chi connectivity index (χ0n) is 12.1. The topological polar surface area (TPSA) is 15.3 Å². The van der Waals surface area contributed by atoms with Gasteiger partial charge in [-0.15, -0.1) is 0 Å². The first-order valence-corrected chi connectivity index (χ1v) is 8.67. The molecule has 3 rings (SSSR count). The molecule has 0 bridgehead atoms.